The largest absolute Gasteiger partial charge is 0.495 e. The third-order valence-corrected chi connectivity index (χ3v) is 5.28. The summed E-state index contributed by atoms with van der Waals surface area (Å²) >= 11 is 0. The van der Waals surface area contributed by atoms with Gasteiger partial charge in [0.05, 0.1) is 29.8 Å². The average molecular weight is 371 g/mol. The van der Waals surface area contributed by atoms with Crippen LogP contribution < -0.4 is 15.0 Å². The molecule has 2 aromatic carbocycles. The van der Waals surface area contributed by atoms with Gasteiger partial charge in [-0.05, 0) is 24.0 Å². The Hall–Kier alpha value is -2.64. The molecular formula is C20H25N3O4. The molecule has 1 aliphatic rings. The molecule has 0 spiro atoms. The molecule has 0 aliphatic carbocycles. The van der Waals surface area contributed by atoms with Crippen molar-refractivity contribution in [2.75, 3.05) is 32.2 Å². The highest BCUT2D eigenvalue weighted by Crippen LogP contribution is 2.39. The highest BCUT2D eigenvalue weighted by molar-refractivity contribution is 5.64. The van der Waals surface area contributed by atoms with Gasteiger partial charge in [0, 0.05) is 32.3 Å². The lowest BCUT2D eigenvalue weighted by atomic mass is 9.90. The molecule has 1 heterocycles. The van der Waals surface area contributed by atoms with Crippen LogP contribution in [0.4, 0.5) is 11.4 Å². The summed E-state index contributed by atoms with van der Waals surface area (Å²) in [5.41, 5.74) is 1.85. The van der Waals surface area contributed by atoms with Gasteiger partial charge in [0.15, 0.2) is 0 Å². The molecule has 1 fully saturated rings. The van der Waals surface area contributed by atoms with Gasteiger partial charge in [-0.2, -0.15) is 0 Å². The quantitative estimate of drug-likeness (QED) is 0.575. The number of nitro benzene ring substituents is 1. The molecular weight excluding hydrogens is 346 g/mol. The zero-order valence-corrected chi connectivity index (χ0v) is 15.5. The molecule has 0 amide bonds. The lowest BCUT2D eigenvalue weighted by molar-refractivity contribution is -0.384. The summed E-state index contributed by atoms with van der Waals surface area (Å²) in [6.07, 6.45) is 0.655. The Bertz CT molecular complexity index is 784. The van der Waals surface area contributed by atoms with Crippen LogP contribution >= 0.6 is 0 Å². The Balaban J connectivity index is 2.01. The summed E-state index contributed by atoms with van der Waals surface area (Å²) in [7, 11) is 3.49. The van der Waals surface area contributed by atoms with Gasteiger partial charge in [0.1, 0.15) is 5.75 Å². The number of hydrogen-bond acceptors (Lipinski definition) is 6. The fourth-order valence-corrected chi connectivity index (χ4v) is 3.97. The summed E-state index contributed by atoms with van der Waals surface area (Å²) in [6.45, 7) is 0.872. The number of aliphatic hydroxyl groups excluding tert-OH is 1. The van der Waals surface area contributed by atoms with Crippen LogP contribution in [0.15, 0.2) is 48.5 Å². The van der Waals surface area contributed by atoms with E-state index in [9.17, 15) is 15.2 Å². The van der Waals surface area contributed by atoms with Crippen molar-refractivity contribution in [1.82, 2.24) is 5.32 Å². The minimum Gasteiger partial charge on any atom is -0.495 e. The third-order valence-electron chi connectivity index (χ3n) is 5.28. The summed E-state index contributed by atoms with van der Waals surface area (Å²) in [6, 6.07) is 14.8. The number of nitro groups is 1. The van der Waals surface area contributed by atoms with E-state index in [1.807, 2.05) is 30.1 Å². The van der Waals surface area contributed by atoms with Gasteiger partial charge in [-0.25, -0.2) is 0 Å². The molecule has 1 aliphatic heterocycles. The van der Waals surface area contributed by atoms with E-state index in [4.69, 9.17) is 4.74 Å². The van der Waals surface area contributed by atoms with Gasteiger partial charge in [0.2, 0.25) is 0 Å². The SMILES string of the molecule is COc1ccc([N+](=O)[O-])cc1N(C)C1C(CCO)CNC1c1ccccc1. The van der Waals surface area contributed by atoms with Crippen LogP contribution in [0, 0.1) is 16.0 Å². The second-order valence-corrected chi connectivity index (χ2v) is 6.78. The van der Waals surface area contributed by atoms with E-state index in [0.29, 0.717) is 17.9 Å². The normalized spacial score (nSPS) is 21.8. The van der Waals surface area contributed by atoms with E-state index in [-0.39, 0.29) is 30.3 Å². The maximum absolute atomic E-state index is 11.3. The van der Waals surface area contributed by atoms with Gasteiger partial charge in [-0.1, -0.05) is 30.3 Å². The summed E-state index contributed by atoms with van der Waals surface area (Å²) in [5, 5.41) is 24.3. The summed E-state index contributed by atoms with van der Waals surface area (Å²) in [4.78, 5) is 12.9. The number of non-ortho nitro benzene ring substituents is 1. The number of rotatable bonds is 7. The highest BCUT2D eigenvalue weighted by Gasteiger charge is 2.40. The number of hydrogen-bond donors (Lipinski definition) is 2. The van der Waals surface area contributed by atoms with Crippen molar-refractivity contribution >= 4 is 11.4 Å². The highest BCUT2D eigenvalue weighted by atomic mass is 16.6. The van der Waals surface area contributed by atoms with Crippen LogP contribution in [0.1, 0.15) is 18.0 Å². The van der Waals surface area contributed by atoms with Gasteiger partial charge >= 0.3 is 0 Å². The standard InChI is InChI=1S/C20H25N3O4/c1-22(17-12-16(23(25)26)8-9-18(17)27-2)20-15(10-11-24)13-21-19(20)14-6-4-3-5-7-14/h3-9,12,15,19-21,24H,10-11,13H2,1-2H3. The van der Waals surface area contributed by atoms with E-state index in [1.54, 1.807) is 19.2 Å². The van der Waals surface area contributed by atoms with E-state index >= 15 is 0 Å². The van der Waals surface area contributed by atoms with Crippen molar-refractivity contribution in [2.24, 2.45) is 5.92 Å². The number of likely N-dealkylation sites (N-methyl/N-ethyl adjacent to an activating group) is 1. The lowest BCUT2D eigenvalue weighted by Crippen LogP contribution is -2.40. The maximum Gasteiger partial charge on any atom is 0.271 e. The predicted octanol–water partition coefficient (Wildman–Crippen LogP) is 2.75. The van der Waals surface area contributed by atoms with Crippen LogP contribution in [0.25, 0.3) is 0 Å². The molecule has 144 valence electrons. The summed E-state index contributed by atoms with van der Waals surface area (Å²) < 4.78 is 5.46. The molecule has 3 atom stereocenters. The van der Waals surface area contributed by atoms with Crippen molar-refractivity contribution in [3.63, 3.8) is 0 Å². The molecule has 2 N–H and O–H groups in total. The number of anilines is 1. The zero-order chi connectivity index (χ0) is 19.4. The minimum absolute atomic E-state index is 0.0236. The first-order chi connectivity index (χ1) is 13.1. The van der Waals surface area contributed by atoms with Crippen molar-refractivity contribution in [3.05, 3.63) is 64.2 Å². The van der Waals surface area contributed by atoms with Crippen LogP contribution in [-0.2, 0) is 0 Å². The van der Waals surface area contributed by atoms with E-state index in [1.165, 1.54) is 6.07 Å². The Morgan fingerprint density at radius 2 is 2.04 bits per heavy atom. The molecule has 3 rings (SSSR count). The summed E-state index contributed by atoms with van der Waals surface area (Å²) in [5.74, 6) is 0.790. The molecule has 1 saturated heterocycles. The first-order valence-electron chi connectivity index (χ1n) is 9.01. The molecule has 7 nitrogen and oxygen atoms in total. The number of methoxy groups -OCH3 is 1. The Kier molecular flexibility index (Phi) is 5.93. The third kappa shape index (κ3) is 3.89. The van der Waals surface area contributed by atoms with Crippen LogP contribution in [0.3, 0.4) is 0 Å². The predicted molar refractivity (Wildman–Crippen MR) is 104 cm³/mol. The Labute approximate surface area is 158 Å². The molecule has 0 bridgehead atoms. The molecule has 0 aromatic heterocycles. The molecule has 27 heavy (non-hydrogen) atoms. The van der Waals surface area contributed by atoms with Gasteiger partial charge in [-0.3, -0.25) is 10.1 Å². The van der Waals surface area contributed by atoms with Crippen molar-refractivity contribution in [3.8, 4) is 5.75 Å². The fourth-order valence-electron chi connectivity index (χ4n) is 3.97. The first kappa shape index (κ1) is 19.1. The topological polar surface area (TPSA) is 87.9 Å². The smallest absolute Gasteiger partial charge is 0.271 e. The number of aliphatic hydroxyl groups is 1. The first-order valence-corrected chi connectivity index (χ1v) is 9.01. The number of benzene rings is 2. The fraction of sp³-hybridized carbons (Fsp3) is 0.400. The number of nitrogens with zero attached hydrogens (tertiary/aromatic N) is 2. The average Bonchev–Trinajstić information content (AvgIpc) is 3.11. The van der Waals surface area contributed by atoms with Crippen LogP contribution in [0.5, 0.6) is 5.75 Å². The second kappa shape index (κ2) is 8.37. The molecule has 2 aromatic rings. The van der Waals surface area contributed by atoms with E-state index in [0.717, 1.165) is 12.1 Å². The van der Waals surface area contributed by atoms with Gasteiger partial charge < -0.3 is 20.1 Å². The minimum atomic E-state index is -0.399. The Morgan fingerprint density at radius 1 is 1.30 bits per heavy atom. The molecule has 0 saturated carbocycles. The monoisotopic (exact) mass is 371 g/mol. The van der Waals surface area contributed by atoms with Crippen molar-refractivity contribution in [2.45, 2.75) is 18.5 Å². The van der Waals surface area contributed by atoms with Crippen molar-refractivity contribution in [1.29, 1.82) is 0 Å². The number of ether oxygens (including phenoxy) is 1. The van der Waals surface area contributed by atoms with Crippen LogP contribution in [0.2, 0.25) is 0 Å². The Morgan fingerprint density at radius 3 is 2.67 bits per heavy atom. The van der Waals surface area contributed by atoms with E-state index < -0.39 is 4.92 Å². The maximum atomic E-state index is 11.3. The molecule has 3 unspecified atom stereocenters. The molecule has 0 radical (unpaired) electrons. The van der Waals surface area contributed by atoms with Crippen LogP contribution in [-0.4, -0.2) is 43.4 Å². The van der Waals surface area contributed by atoms with Crippen molar-refractivity contribution < 1.29 is 14.8 Å². The van der Waals surface area contributed by atoms with Gasteiger partial charge in [-0.15, -0.1) is 0 Å². The molecule has 7 heteroatoms. The number of nitrogens with one attached hydrogen (secondary N) is 1. The lowest BCUT2D eigenvalue weighted by Gasteiger charge is -2.35. The van der Waals surface area contributed by atoms with Gasteiger partial charge in [0.25, 0.3) is 5.69 Å². The second-order valence-electron chi connectivity index (χ2n) is 6.78. The van der Waals surface area contributed by atoms with E-state index in [2.05, 4.69) is 17.4 Å². The zero-order valence-electron chi connectivity index (χ0n) is 15.5.